The van der Waals surface area contributed by atoms with E-state index in [1.54, 1.807) is 0 Å². The standard InChI is InChI=1S/C11H9FN2O5/c12-6-1-2-7-9(19-5-18-7)8(6)10(15)13-14-3-4-17-11(14)16/h1-2H,3-5H2,(H,13,15). The van der Waals surface area contributed by atoms with E-state index in [1.165, 1.54) is 6.07 Å². The number of carbonyl (C=O) groups excluding carboxylic acids is 2. The number of cyclic esters (lactones) is 1. The van der Waals surface area contributed by atoms with Crippen LogP contribution in [0.3, 0.4) is 0 Å². The molecule has 19 heavy (non-hydrogen) atoms. The van der Waals surface area contributed by atoms with Crippen molar-refractivity contribution in [3.8, 4) is 11.5 Å². The first-order chi connectivity index (χ1) is 9.16. The summed E-state index contributed by atoms with van der Waals surface area (Å²) in [5.41, 5.74) is 1.96. The summed E-state index contributed by atoms with van der Waals surface area (Å²) >= 11 is 0. The first-order valence-corrected chi connectivity index (χ1v) is 5.50. The van der Waals surface area contributed by atoms with Crippen LogP contribution in [0.25, 0.3) is 0 Å². The molecule has 1 N–H and O–H groups in total. The van der Waals surface area contributed by atoms with Crippen LogP contribution in [0, 0.1) is 5.82 Å². The molecule has 8 heteroatoms. The van der Waals surface area contributed by atoms with Crippen molar-refractivity contribution in [1.29, 1.82) is 0 Å². The number of fused-ring (bicyclic) bond motifs is 1. The van der Waals surface area contributed by atoms with E-state index in [-0.39, 0.29) is 37.0 Å². The number of hydrogen-bond acceptors (Lipinski definition) is 5. The molecule has 2 heterocycles. The molecule has 0 spiro atoms. The Bertz CT molecular complexity index is 562. The lowest BCUT2D eigenvalue weighted by molar-refractivity contribution is 0.0822. The Hall–Kier alpha value is -2.51. The Balaban J connectivity index is 1.87. The highest BCUT2D eigenvalue weighted by Gasteiger charge is 2.30. The van der Waals surface area contributed by atoms with Crippen LogP contribution in [0.2, 0.25) is 0 Å². The maximum atomic E-state index is 13.7. The van der Waals surface area contributed by atoms with Crippen molar-refractivity contribution in [2.45, 2.75) is 0 Å². The van der Waals surface area contributed by atoms with Crippen molar-refractivity contribution >= 4 is 12.0 Å². The van der Waals surface area contributed by atoms with Gasteiger partial charge in [0.2, 0.25) is 6.79 Å². The van der Waals surface area contributed by atoms with Crippen molar-refractivity contribution in [3.05, 3.63) is 23.5 Å². The molecule has 2 aliphatic heterocycles. The van der Waals surface area contributed by atoms with Crippen LogP contribution in [0.1, 0.15) is 10.4 Å². The van der Waals surface area contributed by atoms with E-state index in [0.717, 1.165) is 11.1 Å². The molecule has 2 aliphatic rings. The molecular formula is C11H9FN2O5. The highest BCUT2D eigenvalue weighted by atomic mass is 19.1. The van der Waals surface area contributed by atoms with Gasteiger partial charge in [-0.15, -0.1) is 0 Å². The molecule has 1 fully saturated rings. The zero-order valence-electron chi connectivity index (χ0n) is 9.64. The topological polar surface area (TPSA) is 77.1 Å². The Kier molecular flexibility index (Phi) is 2.62. The van der Waals surface area contributed by atoms with Gasteiger partial charge in [0, 0.05) is 0 Å². The molecule has 0 radical (unpaired) electrons. The highest BCUT2D eigenvalue weighted by molar-refractivity contribution is 5.98. The number of carbonyl (C=O) groups is 2. The molecule has 1 aromatic carbocycles. The van der Waals surface area contributed by atoms with Gasteiger partial charge in [-0.05, 0) is 12.1 Å². The van der Waals surface area contributed by atoms with Gasteiger partial charge in [-0.2, -0.15) is 0 Å². The van der Waals surface area contributed by atoms with Gasteiger partial charge in [0.05, 0.1) is 6.54 Å². The number of hydrazine groups is 1. The summed E-state index contributed by atoms with van der Waals surface area (Å²) in [5.74, 6) is -1.23. The first kappa shape index (κ1) is 11.6. The van der Waals surface area contributed by atoms with E-state index < -0.39 is 17.8 Å². The van der Waals surface area contributed by atoms with Crippen LogP contribution >= 0.6 is 0 Å². The highest BCUT2D eigenvalue weighted by Crippen LogP contribution is 2.36. The SMILES string of the molecule is O=C(NN1CCOC1=O)c1c(F)ccc2c1OCO2. The summed E-state index contributed by atoms with van der Waals surface area (Å²) in [7, 11) is 0. The van der Waals surface area contributed by atoms with Gasteiger partial charge >= 0.3 is 6.09 Å². The van der Waals surface area contributed by atoms with Gasteiger partial charge < -0.3 is 14.2 Å². The average Bonchev–Trinajstić information content (AvgIpc) is 2.98. The quantitative estimate of drug-likeness (QED) is 0.852. The Morgan fingerprint density at radius 2 is 2.16 bits per heavy atom. The Morgan fingerprint density at radius 1 is 1.32 bits per heavy atom. The number of rotatable bonds is 2. The van der Waals surface area contributed by atoms with Crippen LogP contribution in [0.15, 0.2) is 12.1 Å². The van der Waals surface area contributed by atoms with E-state index in [0.29, 0.717) is 0 Å². The second kappa shape index (κ2) is 4.30. The molecule has 100 valence electrons. The predicted octanol–water partition coefficient (Wildman–Crippen LogP) is 0.651. The lowest BCUT2D eigenvalue weighted by atomic mass is 10.1. The third kappa shape index (κ3) is 1.90. The van der Waals surface area contributed by atoms with Crippen molar-refractivity contribution in [2.24, 2.45) is 0 Å². The Morgan fingerprint density at radius 3 is 2.89 bits per heavy atom. The van der Waals surface area contributed by atoms with E-state index in [1.807, 2.05) is 0 Å². The molecule has 1 aromatic rings. The number of nitrogens with one attached hydrogen (secondary N) is 1. The second-order valence-corrected chi connectivity index (χ2v) is 3.86. The van der Waals surface area contributed by atoms with Gasteiger partial charge in [0.25, 0.3) is 5.91 Å². The minimum atomic E-state index is -0.793. The number of ether oxygens (including phenoxy) is 3. The largest absolute Gasteiger partial charge is 0.454 e. The molecule has 0 saturated carbocycles. The van der Waals surface area contributed by atoms with Crippen LogP contribution in [-0.4, -0.2) is 37.0 Å². The molecule has 7 nitrogen and oxygen atoms in total. The van der Waals surface area contributed by atoms with Gasteiger partial charge in [-0.3, -0.25) is 10.2 Å². The van der Waals surface area contributed by atoms with E-state index >= 15 is 0 Å². The number of amides is 2. The fourth-order valence-electron chi connectivity index (χ4n) is 1.83. The third-order valence-corrected chi connectivity index (χ3v) is 2.71. The molecular weight excluding hydrogens is 259 g/mol. The van der Waals surface area contributed by atoms with Crippen LogP contribution in [0.5, 0.6) is 11.5 Å². The monoisotopic (exact) mass is 268 g/mol. The number of benzene rings is 1. The summed E-state index contributed by atoms with van der Waals surface area (Å²) < 4.78 is 28.5. The van der Waals surface area contributed by atoms with Crippen LogP contribution in [0.4, 0.5) is 9.18 Å². The smallest absolute Gasteiger partial charge is 0.428 e. The van der Waals surface area contributed by atoms with Gasteiger partial charge in [0.1, 0.15) is 18.0 Å². The first-order valence-electron chi connectivity index (χ1n) is 5.50. The molecule has 0 aliphatic carbocycles. The van der Waals surface area contributed by atoms with Crippen molar-refractivity contribution in [3.63, 3.8) is 0 Å². The summed E-state index contributed by atoms with van der Waals surface area (Å²) in [4.78, 5) is 23.2. The van der Waals surface area contributed by atoms with Crippen molar-refractivity contribution in [2.75, 3.05) is 19.9 Å². The average molecular weight is 268 g/mol. The zero-order valence-corrected chi connectivity index (χ0v) is 9.64. The fourth-order valence-corrected chi connectivity index (χ4v) is 1.83. The minimum Gasteiger partial charge on any atom is -0.454 e. The fraction of sp³-hybridized carbons (Fsp3) is 0.273. The number of nitrogens with zero attached hydrogens (tertiary/aromatic N) is 1. The maximum absolute atomic E-state index is 13.7. The molecule has 0 atom stereocenters. The van der Waals surface area contributed by atoms with Gasteiger partial charge in [-0.1, -0.05) is 0 Å². The predicted molar refractivity (Wildman–Crippen MR) is 58.0 cm³/mol. The van der Waals surface area contributed by atoms with Gasteiger partial charge in [0.15, 0.2) is 11.5 Å². The molecule has 0 aromatic heterocycles. The summed E-state index contributed by atoms with van der Waals surface area (Å²) in [6.45, 7) is 0.303. The summed E-state index contributed by atoms with van der Waals surface area (Å²) in [6, 6.07) is 2.48. The second-order valence-electron chi connectivity index (χ2n) is 3.86. The molecule has 0 bridgehead atoms. The molecule has 3 rings (SSSR count). The Labute approximate surface area is 106 Å². The summed E-state index contributed by atoms with van der Waals surface area (Å²) in [5, 5.41) is 0.969. The molecule has 1 saturated heterocycles. The van der Waals surface area contributed by atoms with Crippen molar-refractivity contribution in [1.82, 2.24) is 10.4 Å². The number of hydrogen-bond donors (Lipinski definition) is 1. The zero-order chi connectivity index (χ0) is 13.4. The van der Waals surface area contributed by atoms with Crippen molar-refractivity contribution < 1.29 is 28.2 Å². The van der Waals surface area contributed by atoms with E-state index in [9.17, 15) is 14.0 Å². The van der Waals surface area contributed by atoms with Crippen LogP contribution < -0.4 is 14.9 Å². The molecule has 2 amide bonds. The minimum absolute atomic E-state index is 0.0325. The third-order valence-electron chi connectivity index (χ3n) is 2.71. The van der Waals surface area contributed by atoms with E-state index in [2.05, 4.69) is 10.2 Å². The summed E-state index contributed by atoms with van der Waals surface area (Å²) in [6.07, 6.45) is -0.682. The normalized spacial score (nSPS) is 16.5. The maximum Gasteiger partial charge on any atom is 0.428 e. The van der Waals surface area contributed by atoms with Gasteiger partial charge in [-0.25, -0.2) is 14.2 Å². The lowest BCUT2D eigenvalue weighted by Gasteiger charge is -2.15. The number of halogens is 1. The lowest BCUT2D eigenvalue weighted by Crippen LogP contribution is -2.43. The van der Waals surface area contributed by atoms with E-state index in [4.69, 9.17) is 9.47 Å². The molecule has 0 unspecified atom stereocenters. The van der Waals surface area contributed by atoms with Crippen LogP contribution in [-0.2, 0) is 4.74 Å².